The predicted octanol–water partition coefficient (Wildman–Crippen LogP) is 4.88. The number of nitrogens with one attached hydrogen (secondary N) is 1. The maximum absolute atomic E-state index is 12.9. The van der Waals surface area contributed by atoms with Crippen molar-refractivity contribution in [3.63, 3.8) is 0 Å². The predicted molar refractivity (Wildman–Crippen MR) is 140 cm³/mol. The number of carbonyl (C=O) groups excluding carboxylic acids is 2. The van der Waals surface area contributed by atoms with Crippen molar-refractivity contribution in [1.82, 2.24) is 14.9 Å². The lowest BCUT2D eigenvalue weighted by atomic mass is 10.1. The Morgan fingerprint density at radius 2 is 1.72 bits per heavy atom. The molecule has 8 heteroatoms. The molecule has 0 spiro atoms. The number of amides is 1. The summed E-state index contributed by atoms with van der Waals surface area (Å²) in [5.74, 6) is 1.94. The van der Waals surface area contributed by atoms with Crippen molar-refractivity contribution in [2.75, 3.05) is 20.8 Å². The molecule has 1 N–H and O–H groups in total. The van der Waals surface area contributed by atoms with Crippen LogP contribution in [0.5, 0.6) is 11.5 Å². The van der Waals surface area contributed by atoms with E-state index in [9.17, 15) is 9.59 Å². The summed E-state index contributed by atoms with van der Waals surface area (Å²) in [6.45, 7) is 0.684. The van der Waals surface area contributed by atoms with Gasteiger partial charge in [-0.3, -0.25) is 9.59 Å². The van der Waals surface area contributed by atoms with Crippen molar-refractivity contribution in [3.05, 3.63) is 88.7 Å². The zero-order valence-electron chi connectivity index (χ0n) is 20.3. The van der Waals surface area contributed by atoms with Crippen LogP contribution in [0.1, 0.15) is 28.2 Å². The number of para-hydroxylation sites is 2. The number of methoxy groups -OCH3 is 2. The number of aryl methyl sites for hydroxylation is 1. The zero-order chi connectivity index (χ0) is 25.5. The molecule has 0 saturated carbocycles. The van der Waals surface area contributed by atoms with Crippen molar-refractivity contribution in [2.45, 2.75) is 25.8 Å². The average Bonchev–Trinajstić information content (AvgIpc) is 3.24. The number of aromatic nitrogens is 2. The number of ether oxygens (including phenoxy) is 2. The van der Waals surface area contributed by atoms with Gasteiger partial charge in [-0.25, -0.2) is 4.98 Å². The van der Waals surface area contributed by atoms with E-state index in [2.05, 4.69) is 5.32 Å². The molecule has 0 aliphatic rings. The minimum absolute atomic E-state index is 0.0145. The number of hydrogen-bond acceptors (Lipinski definition) is 5. The molecule has 1 heterocycles. The largest absolute Gasteiger partial charge is 0.493 e. The number of carbonyl (C=O) groups is 2. The van der Waals surface area contributed by atoms with Crippen LogP contribution in [-0.2, 0) is 24.2 Å². The summed E-state index contributed by atoms with van der Waals surface area (Å²) < 4.78 is 12.5. The Morgan fingerprint density at radius 3 is 2.47 bits per heavy atom. The topological polar surface area (TPSA) is 82.5 Å². The maximum Gasteiger partial charge on any atom is 0.224 e. The quantitative estimate of drug-likeness (QED) is 0.232. The summed E-state index contributed by atoms with van der Waals surface area (Å²) in [5.41, 5.74) is 3.19. The average molecular weight is 506 g/mol. The lowest BCUT2D eigenvalue weighted by Gasteiger charge is -2.11. The standard InChI is InChI=1S/C28H28ClN3O4/c1-35-25-14-9-19(16-26(25)36-2)17-28(34)30-15-5-8-27-31-22-6-3-4-7-23(22)32(27)18-24(33)20-10-12-21(29)13-11-20/h3-4,6-7,9-14,16H,5,8,15,17-18H2,1-2H3,(H,30,34). The first-order valence-electron chi connectivity index (χ1n) is 11.7. The van der Waals surface area contributed by atoms with Gasteiger partial charge in [0.05, 0.1) is 38.2 Å². The Labute approximate surface area is 215 Å². The first-order chi connectivity index (χ1) is 17.5. The second-order valence-corrected chi connectivity index (χ2v) is 8.79. The Hall–Kier alpha value is -3.84. The fourth-order valence-corrected chi connectivity index (χ4v) is 4.20. The van der Waals surface area contributed by atoms with Gasteiger partial charge in [0, 0.05) is 23.6 Å². The molecule has 0 bridgehead atoms. The Kier molecular flexibility index (Phi) is 8.23. The normalized spacial score (nSPS) is 10.9. The summed E-state index contributed by atoms with van der Waals surface area (Å²) in [6, 6.07) is 20.1. The van der Waals surface area contributed by atoms with E-state index in [1.807, 2.05) is 34.9 Å². The van der Waals surface area contributed by atoms with E-state index < -0.39 is 0 Å². The molecule has 0 radical (unpaired) electrons. The van der Waals surface area contributed by atoms with E-state index in [4.69, 9.17) is 26.1 Å². The van der Waals surface area contributed by atoms with Gasteiger partial charge in [0.15, 0.2) is 17.3 Å². The van der Waals surface area contributed by atoms with Crippen molar-refractivity contribution in [1.29, 1.82) is 0 Å². The van der Waals surface area contributed by atoms with Gasteiger partial charge in [0.1, 0.15) is 5.82 Å². The molecule has 0 unspecified atom stereocenters. The van der Waals surface area contributed by atoms with E-state index in [-0.39, 0.29) is 24.7 Å². The second kappa shape index (κ2) is 11.7. The number of fused-ring (bicyclic) bond motifs is 1. The summed E-state index contributed by atoms with van der Waals surface area (Å²) in [4.78, 5) is 30.1. The molecule has 0 aliphatic heterocycles. The number of benzene rings is 3. The summed E-state index contributed by atoms with van der Waals surface area (Å²) >= 11 is 5.96. The molecule has 0 saturated heterocycles. The molecule has 7 nitrogen and oxygen atoms in total. The van der Waals surface area contributed by atoms with Gasteiger partial charge < -0.3 is 19.4 Å². The van der Waals surface area contributed by atoms with Gasteiger partial charge in [0.2, 0.25) is 5.91 Å². The summed E-state index contributed by atoms with van der Waals surface area (Å²) in [7, 11) is 3.14. The number of rotatable bonds is 11. The minimum atomic E-state index is -0.0753. The number of ketones is 1. The highest BCUT2D eigenvalue weighted by atomic mass is 35.5. The highest BCUT2D eigenvalue weighted by molar-refractivity contribution is 6.30. The number of imidazole rings is 1. The van der Waals surface area contributed by atoms with Gasteiger partial charge >= 0.3 is 0 Å². The minimum Gasteiger partial charge on any atom is -0.493 e. The number of halogens is 1. The SMILES string of the molecule is COc1ccc(CC(=O)NCCCc2nc3ccccc3n2CC(=O)c2ccc(Cl)cc2)cc1OC. The van der Waals surface area contributed by atoms with Crippen LogP contribution in [-0.4, -0.2) is 42.0 Å². The highest BCUT2D eigenvalue weighted by Crippen LogP contribution is 2.27. The molecule has 4 aromatic rings. The van der Waals surface area contributed by atoms with E-state index >= 15 is 0 Å². The van der Waals surface area contributed by atoms with Crippen LogP contribution in [0.2, 0.25) is 5.02 Å². The highest BCUT2D eigenvalue weighted by Gasteiger charge is 2.15. The molecule has 0 fully saturated rings. The zero-order valence-corrected chi connectivity index (χ0v) is 21.0. The van der Waals surface area contributed by atoms with Crippen LogP contribution < -0.4 is 14.8 Å². The van der Waals surface area contributed by atoms with Crippen molar-refractivity contribution >= 4 is 34.3 Å². The smallest absolute Gasteiger partial charge is 0.224 e. The molecule has 3 aromatic carbocycles. The van der Waals surface area contributed by atoms with E-state index in [0.29, 0.717) is 41.5 Å². The maximum atomic E-state index is 12.9. The molecule has 1 aromatic heterocycles. The van der Waals surface area contributed by atoms with Crippen LogP contribution in [0.4, 0.5) is 0 Å². The van der Waals surface area contributed by atoms with Crippen LogP contribution >= 0.6 is 11.6 Å². The summed E-state index contributed by atoms with van der Waals surface area (Å²) in [6.07, 6.45) is 1.56. The first-order valence-corrected chi connectivity index (χ1v) is 12.1. The van der Waals surface area contributed by atoms with Gasteiger partial charge in [-0.05, 0) is 60.5 Å². The molecule has 0 aliphatic carbocycles. The van der Waals surface area contributed by atoms with Crippen molar-refractivity contribution in [2.24, 2.45) is 0 Å². The second-order valence-electron chi connectivity index (χ2n) is 8.35. The van der Waals surface area contributed by atoms with Crippen LogP contribution in [0, 0.1) is 0 Å². The van der Waals surface area contributed by atoms with Crippen molar-refractivity contribution in [3.8, 4) is 11.5 Å². The van der Waals surface area contributed by atoms with E-state index in [1.54, 1.807) is 50.6 Å². The monoisotopic (exact) mass is 505 g/mol. The molecule has 0 atom stereocenters. The van der Waals surface area contributed by atoms with Gasteiger partial charge in [-0.1, -0.05) is 29.8 Å². The van der Waals surface area contributed by atoms with Crippen LogP contribution in [0.25, 0.3) is 11.0 Å². The van der Waals surface area contributed by atoms with Crippen molar-refractivity contribution < 1.29 is 19.1 Å². The number of Topliss-reactive ketones (excluding diaryl/α,β-unsaturated/α-hetero) is 1. The first kappa shape index (κ1) is 25.3. The van der Waals surface area contributed by atoms with E-state index in [0.717, 1.165) is 22.4 Å². The third kappa shape index (κ3) is 6.04. The number of hydrogen-bond donors (Lipinski definition) is 1. The Morgan fingerprint density at radius 1 is 0.972 bits per heavy atom. The van der Waals surface area contributed by atoms with Crippen LogP contribution in [0.15, 0.2) is 66.7 Å². The lowest BCUT2D eigenvalue weighted by molar-refractivity contribution is -0.120. The van der Waals surface area contributed by atoms with Gasteiger partial charge in [0.25, 0.3) is 0 Å². The molecule has 4 rings (SSSR count). The Balaban J connectivity index is 1.37. The van der Waals surface area contributed by atoms with E-state index in [1.165, 1.54) is 0 Å². The van der Waals surface area contributed by atoms with Gasteiger partial charge in [-0.15, -0.1) is 0 Å². The Bertz CT molecular complexity index is 1370. The molecular formula is C28H28ClN3O4. The molecule has 1 amide bonds. The summed E-state index contributed by atoms with van der Waals surface area (Å²) in [5, 5.41) is 3.56. The lowest BCUT2D eigenvalue weighted by Crippen LogP contribution is -2.26. The molecule has 186 valence electrons. The fourth-order valence-electron chi connectivity index (χ4n) is 4.08. The number of nitrogens with zero attached hydrogens (tertiary/aromatic N) is 2. The third-order valence-electron chi connectivity index (χ3n) is 5.91. The fraction of sp³-hybridized carbons (Fsp3) is 0.250. The van der Waals surface area contributed by atoms with Crippen LogP contribution in [0.3, 0.4) is 0 Å². The third-order valence-corrected chi connectivity index (χ3v) is 6.17. The molecular weight excluding hydrogens is 478 g/mol. The molecule has 36 heavy (non-hydrogen) atoms. The van der Waals surface area contributed by atoms with Gasteiger partial charge in [-0.2, -0.15) is 0 Å².